The van der Waals surface area contributed by atoms with Gasteiger partial charge in [0.05, 0.1) is 5.50 Å². The summed E-state index contributed by atoms with van der Waals surface area (Å²) in [5, 5.41) is 11.7. The van der Waals surface area contributed by atoms with Crippen LogP contribution in [0, 0.1) is 12.5 Å². The number of halogens is 1. The van der Waals surface area contributed by atoms with Crippen LogP contribution in [0.25, 0.3) is 0 Å². The molecule has 2 unspecified atom stereocenters. The molecule has 0 aromatic heterocycles. The van der Waals surface area contributed by atoms with Crippen molar-refractivity contribution in [2.24, 2.45) is 5.92 Å². The maximum atomic E-state index is 8.60. The maximum absolute atomic E-state index is 8.60. The second-order valence-electron chi connectivity index (χ2n) is 3.40. The van der Waals surface area contributed by atoms with Gasteiger partial charge in [-0.3, -0.25) is 5.32 Å². The van der Waals surface area contributed by atoms with Crippen molar-refractivity contribution in [1.82, 2.24) is 5.32 Å². The van der Waals surface area contributed by atoms with E-state index in [1.54, 1.807) is 0 Å². The lowest BCUT2D eigenvalue weighted by atomic mass is 9.92. The van der Waals surface area contributed by atoms with E-state index in [2.05, 4.69) is 11.9 Å². The van der Waals surface area contributed by atoms with Gasteiger partial charge in [-0.1, -0.05) is 12.8 Å². The number of rotatable bonds is 4. The van der Waals surface area contributed by atoms with E-state index in [-0.39, 0.29) is 5.50 Å². The molecule has 0 aromatic rings. The van der Waals surface area contributed by atoms with Crippen molar-refractivity contribution in [3.05, 3.63) is 6.54 Å². The topological polar surface area (TPSA) is 32.3 Å². The van der Waals surface area contributed by atoms with Crippen LogP contribution in [-0.4, -0.2) is 17.2 Å². The largest absolute Gasteiger partial charge is 0.396 e. The van der Waals surface area contributed by atoms with Gasteiger partial charge in [0.15, 0.2) is 0 Å². The molecule has 0 aliphatic carbocycles. The third-order valence-electron chi connectivity index (χ3n) is 2.31. The molecule has 0 bridgehead atoms. The molecule has 71 valence electrons. The summed E-state index contributed by atoms with van der Waals surface area (Å²) >= 11 is 5.93. The van der Waals surface area contributed by atoms with Crippen LogP contribution in [0.4, 0.5) is 0 Å². The van der Waals surface area contributed by atoms with Crippen LogP contribution in [0.2, 0.25) is 0 Å². The Kier molecular flexibility index (Phi) is 4.96. The molecule has 0 aromatic carbocycles. The third-order valence-corrected chi connectivity index (χ3v) is 2.61. The summed E-state index contributed by atoms with van der Waals surface area (Å²) < 4.78 is 0. The maximum Gasteiger partial charge on any atom is 0.0830 e. The lowest BCUT2D eigenvalue weighted by molar-refractivity contribution is 0.271. The van der Waals surface area contributed by atoms with Crippen LogP contribution >= 0.6 is 11.6 Å². The van der Waals surface area contributed by atoms with Gasteiger partial charge in [0.25, 0.3) is 0 Å². The highest BCUT2D eigenvalue weighted by Gasteiger charge is 2.18. The second-order valence-corrected chi connectivity index (χ2v) is 3.92. The first-order valence-corrected chi connectivity index (χ1v) is 5.09. The third kappa shape index (κ3) is 3.74. The normalized spacial score (nSPS) is 30.5. The number of hydrogen-bond acceptors (Lipinski definition) is 2. The predicted molar refractivity (Wildman–Crippen MR) is 50.7 cm³/mol. The van der Waals surface area contributed by atoms with Gasteiger partial charge in [0, 0.05) is 13.2 Å². The van der Waals surface area contributed by atoms with Gasteiger partial charge in [-0.15, -0.1) is 11.6 Å². The van der Waals surface area contributed by atoms with E-state index in [9.17, 15) is 0 Å². The molecular weight excluding hydrogens is 174 g/mol. The predicted octanol–water partition coefficient (Wildman–Crippen LogP) is 1.88. The van der Waals surface area contributed by atoms with Gasteiger partial charge in [-0.05, 0) is 25.2 Å². The summed E-state index contributed by atoms with van der Waals surface area (Å²) in [5.41, 5.74) is 0.123. The van der Waals surface area contributed by atoms with Gasteiger partial charge in [0.2, 0.25) is 0 Å². The Balaban J connectivity index is 2.06. The molecule has 1 radical (unpaired) electrons. The Morgan fingerprint density at radius 2 is 2.33 bits per heavy atom. The van der Waals surface area contributed by atoms with Crippen LogP contribution in [-0.2, 0) is 0 Å². The van der Waals surface area contributed by atoms with E-state index in [0.717, 1.165) is 31.6 Å². The molecule has 0 saturated carbocycles. The lowest BCUT2D eigenvalue weighted by Gasteiger charge is -2.26. The van der Waals surface area contributed by atoms with E-state index in [0.29, 0.717) is 6.61 Å². The number of piperidine rings is 1. The van der Waals surface area contributed by atoms with E-state index in [4.69, 9.17) is 16.7 Å². The molecule has 1 rings (SSSR count). The number of aliphatic hydroxyl groups excluding tert-OH is 1. The summed E-state index contributed by atoms with van der Waals surface area (Å²) in [6.45, 7) is 2.38. The molecule has 1 aliphatic heterocycles. The highest BCUT2D eigenvalue weighted by Crippen LogP contribution is 2.24. The molecule has 1 fully saturated rings. The Bertz CT molecular complexity index is 121. The van der Waals surface area contributed by atoms with E-state index in [1.165, 1.54) is 6.42 Å². The van der Waals surface area contributed by atoms with Crippen LogP contribution in [0.15, 0.2) is 0 Å². The number of nitrogens with one attached hydrogen (secondary N) is 1. The van der Waals surface area contributed by atoms with E-state index in [1.807, 2.05) is 0 Å². The summed E-state index contributed by atoms with van der Waals surface area (Å²) in [7, 11) is 0. The van der Waals surface area contributed by atoms with Crippen LogP contribution in [0.1, 0.15) is 32.1 Å². The van der Waals surface area contributed by atoms with Crippen LogP contribution in [0.3, 0.4) is 0 Å². The average molecular weight is 191 g/mol. The van der Waals surface area contributed by atoms with Crippen molar-refractivity contribution in [3.63, 3.8) is 0 Å². The zero-order valence-corrected chi connectivity index (χ0v) is 8.06. The molecule has 1 heterocycles. The minimum Gasteiger partial charge on any atom is -0.396 e. The van der Waals surface area contributed by atoms with Crippen molar-refractivity contribution >= 4 is 11.6 Å². The zero-order chi connectivity index (χ0) is 8.81. The molecule has 12 heavy (non-hydrogen) atoms. The Morgan fingerprint density at radius 3 is 3.00 bits per heavy atom. The first kappa shape index (κ1) is 10.3. The molecule has 1 aliphatic rings. The first-order chi connectivity index (χ1) is 5.83. The fourth-order valence-electron chi connectivity index (χ4n) is 1.60. The molecular formula is C9H17ClNO. The van der Waals surface area contributed by atoms with E-state index < -0.39 is 0 Å². The number of alkyl halides is 1. The minimum absolute atomic E-state index is 0.123. The molecule has 1 saturated heterocycles. The number of hydrogen-bond donors (Lipinski definition) is 2. The highest BCUT2D eigenvalue weighted by atomic mass is 35.5. The highest BCUT2D eigenvalue weighted by molar-refractivity contribution is 6.20. The standard InChI is InChI=1S/C9H17ClNO/c10-9-7-8(4-5-11-9)3-1-2-6-12/h5,8-9,11-12H,1-4,6-7H2. The number of unbranched alkanes of at least 4 members (excludes halogenated alkanes) is 1. The fourth-order valence-corrected chi connectivity index (χ4v) is 1.94. The Labute approximate surface area is 79.3 Å². The Hall–Kier alpha value is 0.210. The summed E-state index contributed by atoms with van der Waals surface area (Å²) in [6.07, 6.45) is 5.43. The molecule has 0 amide bonds. The average Bonchev–Trinajstić information content (AvgIpc) is 2.05. The monoisotopic (exact) mass is 190 g/mol. The fraction of sp³-hybridized carbons (Fsp3) is 0.889. The molecule has 2 nitrogen and oxygen atoms in total. The van der Waals surface area contributed by atoms with Crippen molar-refractivity contribution in [3.8, 4) is 0 Å². The first-order valence-electron chi connectivity index (χ1n) is 4.65. The molecule has 2 N–H and O–H groups in total. The van der Waals surface area contributed by atoms with Crippen LogP contribution in [0.5, 0.6) is 0 Å². The van der Waals surface area contributed by atoms with Gasteiger partial charge in [0.1, 0.15) is 0 Å². The number of aliphatic hydroxyl groups is 1. The molecule has 0 spiro atoms. The van der Waals surface area contributed by atoms with Crippen molar-refractivity contribution in [2.75, 3.05) is 6.61 Å². The molecule has 3 heteroatoms. The summed E-state index contributed by atoms with van der Waals surface area (Å²) in [6, 6.07) is 0. The second kappa shape index (κ2) is 5.79. The van der Waals surface area contributed by atoms with Crippen molar-refractivity contribution in [2.45, 2.75) is 37.6 Å². The van der Waals surface area contributed by atoms with Gasteiger partial charge < -0.3 is 5.11 Å². The van der Waals surface area contributed by atoms with Crippen molar-refractivity contribution < 1.29 is 5.11 Å². The van der Waals surface area contributed by atoms with Gasteiger partial charge in [-0.25, -0.2) is 0 Å². The minimum atomic E-state index is 0.123. The van der Waals surface area contributed by atoms with Gasteiger partial charge >= 0.3 is 0 Å². The molecule has 2 atom stereocenters. The SMILES string of the molecule is OCCCCC1C[CH]NC(Cl)C1. The Morgan fingerprint density at radius 1 is 1.50 bits per heavy atom. The van der Waals surface area contributed by atoms with Crippen LogP contribution < -0.4 is 5.32 Å². The smallest absolute Gasteiger partial charge is 0.0830 e. The quantitative estimate of drug-likeness (QED) is 0.403. The zero-order valence-electron chi connectivity index (χ0n) is 7.30. The summed E-state index contributed by atoms with van der Waals surface area (Å²) in [5.74, 6) is 0.722. The summed E-state index contributed by atoms with van der Waals surface area (Å²) in [4.78, 5) is 0. The van der Waals surface area contributed by atoms with Gasteiger partial charge in [-0.2, -0.15) is 0 Å². The van der Waals surface area contributed by atoms with E-state index >= 15 is 0 Å². The van der Waals surface area contributed by atoms with Crippen molar-refractivity contribution in [1.29, 1.82) is 0 Å². The lowest BCUT2D eigenvalue weighted by Crippen LogP contribution is -2.30.